The molecule has 0 aromatic heterocycles. The monoisotopic (exact) mass is 956 g/mol. The Labute approximate surface area is 391 Å². The highest BCUT2D eigenvalue weighted by molar-refractivity contribution is 5.79. The number of carboxylic acids is 1. The number of aliphatic hydroxyl groups excluding tert-OH is 10. The largest absolute Gasteiger partial charge is 0.479 e. The highest BCUT2D eigenvalue weighted by atomic mass is 16.8. The molecule has 3 heterocycles. The number of ether oxygens (including phenoxy) is 6. The number of carbonyl (C=O) groups is 2. The van der Waals surface area contributed by atoms with Gasteiger partial charge in [0.25, 0.3) is 0 Å². The average molecular weight is 957 g/mol. The second kappa shape index (κ2) is 18.0. The Bertz CT molecular complexity index is 1870. The van der Waals surface area contributed by atoms with Crippen LogP contribution in [0.5, 0.6) is 0 Å². The van der Waals surface area contributed by atoms with Gasteiger partial charge >= 0.3 is 11.9 Å². The smallest absolute Gasteiger partial charge is 0.335 e. The minimum absolute atomic E-state index is 0.0828. The second-order valence-electron chi connectivity index (χ2n) is 23.5. The first-order chi connectivity index (χ1) is 31.2. The van der Waals surface area contributed by atoms with Gasteiger partial charge in [0.05, 0.1) is 24.7 Å². The molecule has 0 spiro atoms. The summed E-state index contributed by atoms with van der Waals surface area (Å²) < 4.78 is 35.7. The summed E-state index contributed by atoms with van der Waals surface area (Å²) >= 11 is 0. The number of esters is 1. The lowest BCUT2D eigenvalue weighted by Crippen LogP contribution is -2.67. The van der Waals surface area contributed by atoms with Crippen LogP contribution in [-0.4, -0.2) is 180 Å². The van der Waals surface area contributed by atoms with E-state index in [1.165, 1.54) is 5.57 Å². The van der Waals surface area contributed by atoms with Gasteiger partial charge in [0, 0.05) is 0 Å². The third kappa shape index (κ3) is 8.06. The zero-order valence-corrected chi connectivity index (χ0v) is 39.7. The molecule has 5 aliphatic carbocycles. The molecular formula is C48H76O19. The minimum Gasteiger partial charge on any atom is -0.479 e. The van der Waals surface area contributed by atoms with Crippen LogP contribution in [0.25, 0.3) is 0 Å². The van der Waals surface area contributed by atoms with E-state index in [1.54, 1.807) is 0 Å². The summed E-state index contributed by atoms with van der Waals surface area (Å²) in [5.41, 5.74) is -1.05. The van der Waals surface area contributed by atoms with Gasteiger partial charge in [0.1, 0.15) is 67.1 Å². The van der Waals surface area contributed by atoms with Crippen LogP contribution >= 0.6 is 0 Å². The average Bonchev–Trinajstić information content (AvgIpc) is 3.26. The summed E-state index contributed by atoms with van der Waals surface area (Å²) in [6, 6.07) is 0. The number of aliphatic carboxylic acids is 1. The van der Waals surface area contributed by atoms with Gasteiger partial charge in [-0.05, 0) is 109 Å². The maximum atomic E-state index is 14.7. The van der Waals surface area contributed by atoms with Gasteiger partial charge in [0.2, 0.25) is 6.29 Å². The predicted molar refractivity (Wildman–Crippen MR) is 231 cm³/mol. The third-order valence-electron chi connectivity index (χ3n) is 19.3. The van der Waals surface area contributed by atoms with E-state index >= 15 is 0 Å². The molecular weight excluding hydrogens is 881 g/mol. The first kappa shape index (κ1) is 51.4. The van der Waals surface area contributed by atoms with Crippen molar-refractivity contribution < 1.29 is 94.2 Å². The van der Waals surface area contributed by atoms with Crippen molar-refractivity contribution in [1.29, 1.82) is 0 Å². The van der Waals surface area contributed by atoms with Crippen LogP contribution in [0.4, 0.5) is 0 Å². The molecule has 0 aromatic rings. The molecule has 3 unspecified atom stereocenters. The first-order valence-electron chi connectivity index (χ1n) is 24.3. The fraction of sp³-hybridized carbons (Fsp3) is 0.917. The number of carboxylic acid groups (broad SMARTS) is 1. The van der Waals surface area contributed by atoms with Crippen LogP contribution in [0.15, 0.2) is 11.6 Å². The summed E-state index contributed by atoms with van der Waals surface area (Å²) in [4.78, 5) is 27.0. The van der Waals surface area contributed by atoms with Crippen LogP contribution in [-0.2, 0) is 38.0 Å². The van der Waals surface area contributed by atoms with Gasteiger partial charge in [-0.2, -0.15) is 0 Å². The van der Waals surface area contributed by atoms with Crippen molar-refractivity contribution in [3.05, 3.63) is 11.6 Å². The highest BCUT2D eigenvalue weighted by Gasteiger charge is 2.70. The van der Waals surface area contributed by atoms with Gasteiger partial charge in [0.15, 0.2) is 18.7 Å². The normalized spacial score (nSPS) is 52.6. The van der Waals surface area contributed by atoms with Crippen LogP contribution in [0.1, 0.15) is 113 Å². The van der Waals surface area contributed by atoms with E-state index in [2.05, 4.69) is 54.5 Å². The molecule has 3 aliphatic heterocycles. The molecule has 382 valence electrons. The fourth-order valence-corrected chi connectivity index (χ4v) is 15.0. The molecule has 19 heteroatoms. The Hall–Kier alpha value is -1.92. The summed E-state index contributed by atoms with van der Waals surface area (Å²) in [6.07, 6.45) is -16.4. The number of hydrogen-bond donors (Lipinski definition) is 11. The van der Waals surface area contributed by atoms with Crippen molar-refractivity contribution in [2.24, 2.45) is 50.2 Å². The lowest BCUT2D eigenvalue weighted by Gasteiger charge is -2.71. The maximum absolute atomic E-state index is 14.7. The molecule has 0 radical (unpaired) electrons. The summed E-state index contributed by atoms with van der Waals surface area (Å²) in [5, 5.41) is 115. The predicted octanol–water partition coefficient (Wildman–Crippen LogP) is 0.233. The lowest BCUT2D eigenvalue weighted by molar-refractivity contribution is -0.374. The van der Waals surface area contributed by atoms with E-state index in [0.29, 0.717) is 25.7 Å². The Kier molecular flexibility index (Phi) is 13.8. The maximum Gasteiger partial charge on any atom is 0.335 e. The number of fused-ring (bicyclic) bond motifs is 7. The Morgan fingerprint density at radius 2 is 1.24 bits per heavy atom. The van der Waals surface area contributed by atoms with E-state index in [0.717, 1.165) is 38.5 Å². The van der Waals surface area contributed by atoms with Crippen molar-refractivity contribution in [2.45, 2.75) is 211 Å². The van der Waals surface area contributed by atoms with Gasteiger partial charge in [-0.25, -0.2) is 4.79 Å². The minimum atomic E-state index is -1.98. The topological polar surface area (TPSA) is 312 Å². The molecule has 23 atom stereocenters. The number of hydrogen-bond acceptors (Lipinski definition) is 18. The standard InChI is InChI=1S/C48H76O19/c1-43(2)14-16-48(42(61)67-40-35(58)31(54)29(52)24(20-50)63-40)17-15-46(6)21(22(48)18-43)8-9-26-45(5)12-11-27(44(3,4)25(45)10-13-47(26,46)7)64-41-37(33(56)32(55)36(65-41)38(59)60)66-39-34(57)30(53)28(51)23(19-49)62-39/h8,22-37,39-41,49-58H,9-20H2,1-7H3,(H,59,60)/t22-,23-,24-,25?,26?,27?,28-,29-,30+,31+,32+,33+,34-,35-,36+,37-,39+,40+,41-,45+,46-,47-,48+/m1/s1. The van der Waals surface area contributed by atoms with Crippen molar-refractivity contribution >= 4 is 11.9 Å². The molecule has 8 aliphatic rings. The van der Waals surface area contributed by atoms with E-state index in [9.17, 15) is 65.8 Å². The first-order valence-corrected chi connectivity index (χ1v) is 24.3. The summed E-state index contributed by atoms with van der Waals surface area (Å²) in [6.45, 7) is 14.4. The number of rotatable bonds is 9. The van der Waals surface area contributed by atoms with Gasteiger partial charge < -0.3 is 84.6 Å². The number of carbonyl (C=O) groups excluding carboxylic acids is 1. The Balaban J connectivity index is 1.05. The van der Waals surface area contributed by atoms with Crippen molar-refractivity contribution in [2.75, 3.05) is 13.2 Å². The van der Waals surface area contributed by atoms with Crippen molar-refractivity contribution in [3.8, 4) is 0 Å². The molecule has 4 saturated carbocycles. The molecule has 8 rings (SSSR count). The number of allylic oxidation sites excluding steroid dienone is 2. The van der Waals surface area contributed by atoms with E-state index < -0.39 is 134 Å². The van der Waals surface area contributed by atoms with Gasteiger partial charge in [-0.15, -0.1) is 0 Å². The Morgan fingerprint density at radius 3 is 1.85 bits per heavy atom. The highest BCUT2D eigenvalue weighted by Crippen LogP contribution is 2.76. The lowest BCUT2D eigenvalue weighted by atomic mass is 9.33. The van der Waals surface area contributed by atoms with Crippen LogP contribution in [0.2, 0.25) is 0 Å². The molecule has 19 nitrogen and oxygen atoms in total. The van der Waals surface area contributed by atoms with Gasteiger partial charge in [-0.3, -0.25) is 4.79 Å². The third-order valence-corrected chi connectivity index (χ3v) is 19.3. The van der Waals surface area contributed by atoms with E-state index in [1.807, 2.05) is 0 Å². The van der Waals surface area contributed by atoms with E-state index in [4.69, 9.17) is 28.4 Å². The Morgan fingerprint density at radius 1 is 0.642 bits per heavy atom. The fourth-order valence-electron chi connectivity index (χ4n) is 15.0. The summed E-state index contributed by atoms with van der Waals surface area (Å²) in [5.74, 6) is -1.94. The van der Waals surface area contributed by atoms with E-state index in [-0.39, 0.29) is 39.4 Å². The number of aliphatic hydroxyl groups is 10. The molecule has 3 saturated heterocycles. The SMILES string of the molecule is CC1(C)CC[C@]2(C(=O)O[C@@H]3O[C@H](CO)[C@@H](O)[C@H](O)[C@H]3O)CC[C@]3(C)C(=CCC4[C@@]5(C)CCC(O[C@@H]6O[C@H](C(=O)O)[C@@H](O)[C@H](O)[C@H]6O[C@@H]6O[C@H](CO)[C@@H](O)[C@H](O)[C@H]6O)C(C)(C)C5CC[C@]43C)[C@H]2C1. The summed E-state index contributed by atoms with van der Waals surface area (Å²) in [7, 11) is 0. The van der Waals surface area contributed by atoms with Crippen LogP contribution in [0, 0.1) is 50.2 Å². The van der Waals surface area contributed by atoms with Gasteiger partial charge in [-0.1, -0.05) is 60.1 Å². The van der Waals surface area contributed by atoms with Crippen LogP contribution < -0.4 is 0 Å². The zero-order valence-electron chi connectivity index (χ0n) is 39.7. The molecule has 11 N–H and O–H groups in total. The quantitative estimate of drug-likeness (QED) is 0.0838. The van der Waals surface area contributed by atoms with Crippen molar-refractivity contribution in [1.82, 2.24) is 0 Å². The van der Waals surface area contributed by atoms with Crippen molar-refractivity contribution in [3.63, 3.8) is 0 Å². The second-order valence-corrected chi connectivity index (χ2v) is 23.5. The molecule has 67 heavy (non-hydrogen) atoms. The molecule has 0 amide bonds. The van der Waals surface area contributed by atoms with Crippen LogP contribution in [0.3, 0.4) is 0 Å². The molecule has 7 fully saturated rings. The molecule has 0 aromatic carbocycles. The zero-order chi connectivity index (χ0) is 49.1. The molecule has 0 bridgehead atoms.